The van der Waals surface area contributed by atoms with Crippen molar-refractivity contribution in [2.45, 2.75) is 0 Å². The summed E-state index contributed by atoms with van der Waals surface area (Å²) in [5, 5.41) is 0. The molecule has 0 unspecified atom stereocenters. The first-order chi connectivity index (χ1) is 8.27. The van der Waals surface area contributed by atoms with E-state index < -0.39 is 5.97 Å². The van der Waals surface area contributed by atoms with Crippen molar-refractivity contribution >= 4 is 34.2 Å². The molecule has 2 aromatic rings. The topological polar surface area (TPSA) is 38.3 Å². The maximum Gasteiger partial charge on any atom is 0.362 e. The average Bonchev–Trinajstić information content (AvgIpc) is 2.38. The highest BCUT2D eigenvalue weighted by atomic mass is 127. The van der Waals surface area contributed by atoms with Crippen molar-refractivity contribution in [3.05, 3.63) is 63.7 Å². The molecule has 0 fully saturated rings. The Morgan fingerprint density at radius 2 is 1.65 bits per heavy atom. The van der Waals surface area contributed by atoms with E-state index in [1.165, 1.54) is 0 Å². The summed E-state index contributed by atoms with van der Waals surface area (Å²) >= 11 is 2.17. The zero-order chi connectivity index (χ0) is 12.1. The maximum absolute atomic E-state index is 11.6. The third kappa shape index (κ3) is 3.20. The van der Waals surface area contributed by atoms with Gasteiger partial charge in [0.15, 0.2) is 0 Å². The number of nitrogens with one attached hydrogen (secondary N) is 1. The summed E-state index contributed by atoms with van der Waals surface area (Å²) in [6.45, 7) is 0. The summed E-state index contributed by atoms with van der Waals surface area (Å²) in [4.78, 5) is 16.6. The van der Waals surface area contributed by atoms with Crippen molar-refractivity contribution in [3.63, 3.8) is 0 Å². The number of hydrogen-bond acceptors (Lipinski definition) is 3. The molecule has 0 saturated heterocycles. The predicted octanol–water partition coefficient (Wildman–Crippen LogP) is 3.48. The summed E-state index contributed by atoms with van der Waals surface area (Å²) in [5.41, 5.74) is 3.95. The standard InChI is InChI=1S/C13H10INO2/c14-11-8-4-5-9-12(11)15-17-13(16)10-6-2-1-3-7-10/h1-9,15H. The molecular formula is C13H10INO2. The molecule has 0 aliphatic rings. The molecule has 0 saturated carbocycles. The fourth-order valence-corrected chi connectivity index (χ4v) is 1.78. The van der Waals surface area contributed by atoms with E-state index in [9.17, 15) is 4.79 Å². The molecule has 3 nitrogen and oxygen atoms in total. The van der Waals surface area contributed by atoms with Gasteiger partial charge >= 0.3 is 5.97 Å². The van der Waals surface area contributed by atoms with Gasteiger partial charge in [-0.05, 0) is 46.9 Å². The van der Waals surface area contributed by atoms with Gasteiger partial charge in [0.1, 0.15) is 0 Å². The van der Waals surface area contributed by atoms with E-state index in [0.717, 1.165) is 9.26 Å². The first-order valence-corrected chi connectivity index (χ1v) is 6.12. The molecule has 17 heavy (non-hydrogen) atoms. The van der Waals surface area contributed by atoms with Crippen molar-refractivity contribution in [2.24, 2.45) is 0 Å². The van der Waals surface area contributed by atoms with Crippen molar-refractivity contribution in [3.8, 4) is 0 Å². The van der Waals surface area contributed by atoms with Gasteiger partial charge in [0.05, 0.1) is 11.3 Å². The van der Waals surface area contributed by atoms with E-state index in [0.29, 0.717) is 5.56 Å². The average molecular weight is 339 g/mol. The van der Waals surface area contributed by atoms with E-state index >= 15 is 0 Å². The van der Waals surface area contributed by atoms with Gasteiger partial charge in [0.25, 0.3) is 0 Å². The minimum atomic E-state index is -0.398. The number of rotatable bonds is 3. The fourth-order valence-electron chi connectivity index (χ4n) is 1.28. The van der Waals surface area contributed by atoms with Gasteiger partial charge in [-0.3, -0.25) is 0 Å². The van der Waals surface area contributed by atoms with Crippen LogP contribution in [0.2, 0.25) is 0 Å². The van der Waals surface area contributed by atoms with Crippen LogP contribution in [0, 0.1) is 3.57 Å². The summed E-state index contributed by atoms with van der Waals surface area (Å²) in [7, 11) is 0. The molecule has 0 atom stereocenters. The molecule has 1 N–H and O–H groups in total. The second-order valence-corrected chi connectivity index (χ2v) is 4.50. The molecule has 2 aromatic carbocycles. The Bertz CT molecular complexity index is 514. The predicted molar refractivity (Wildman–Crippen MR) is 74.6 cm³/mol. The van der Waals surface area contributed by atoms with Gasteiger partial charge < -0.3 is 4.84 Å². The Hall–Kier alpha value is -1.56. The van der Waals surface area contributed by atoms with E-state index in [1.807, 2.05) is 30.3 Å². The first kappa shape index (κ1) is 11.9. The van der Waals surface area contributed by atoms with Crippen molar-refractivity contribution in [1.82, 2.24) is 0 Å². The van der Waals surface area contributed by atoms with Crippen LogP contribution in [0.25, 0.3) is 0 Å². The molecule has 0 aromatic heterocycles. The van der Waals surface area contributed by atoms with Crippen molar-refractivity contribution in [2.75, 3.05) is 5.48 Å². The molecule has 0 aliphatic carbocycles. The number of carbonyl (C=O) groups excluding carboxylic acids is 1. The quantitative estimate of drug-likeness (QED) is 0.687. The monoisotopic (exact) mass is 339 g/mol. The van der Waals surface area contributed by atoms with Gasteiger partial charge in [0.2, 0.25) is 0 Å². The Balaban J connectivity index is 2.00. The van der Waals surface area contributed by atoms with Gasteiger partial charge in [-0.15, -0.1) is 0 Å². The minimum Gasteiger partial charge on any atom is -0.338 e. The molecular weight excluding hydrogens is 329 g/mol. The van der Waals surface area contributed by atoms with Crippen LogP contribution < -0.4 is 5.48 Å². The molecule has 86 valence electrons. The highest BCUT2D eigenvalue weighted by molar-refractivity contribution is 14.1. The third-order valence-electron chi connectivity index (χ3n) is 2.14. The van der Waals surface area contributed by atoms with E-state index in [-0.39, 0.29) is 0 Å². The molecule has 4 heteroatoms. The molecule has 0 radical (unpaired) electrons. The Labute approximate surface area is 113 Å². The highest BCUT2D eigenvalue weighted by Gasteiger charge is 2.06. The van der Waals surface area contributed by atoms with E-state index in [2.05, 4.69) is 28.1 Å². The fraction of sp³-hybridized carbons (Fsp3) is 0. The third-order valence-corrected chi connectivity index (χ3v) is 3.08. The van der Waals surface area contributed by atoms with E-state index in [1.54, 1.807) is 24.3 Å². The Morgan fingerprint density at radius 1 is 1.00 bits per heavy atom. The molecule has 0 bridgehead atoms. The smallest absolute Gasteiger partial charge is 0.338 e. The first-order valence-electron chi connectivity index (χ1n) is 5.04. The number of benzene rings is 2. The molecule has 0 heterocycles. The van der Waals surface area contributed by atoms with Crippen LogP contribution in [0.1, 0.15) is 10.4 Å². The van der Waals surface area contributed by atoms with Crippen LogP contribution in [-0.4, -0.2) is 5.97 Å². The number of hydrogen-bond donors (Lipinski definition) is 1. The summed E-state index contributed by atoms with van der Waals surface area (Å²) in [6.07, 6.45) is 0. The second kappa shape index (κ2) is 5.67. The lowest BCUT2D eigenvalue weighted by Gasteiger charge is -2.08. The number of carbonyl (C=O) groups is 1. The number of para-hydroxylation sites is 1. The Kier molecular flexibility index (Phi) is 3.98. The normalized spacial score (nSPS) is 9.71. The zero-order valence-electron chi connectivity index (χ0n) is 8.89. The van der Waals surface area contributed by atoms with Crippen LogP contribution >= 0.6 is 22.6 Å². The lowest BCUT2D eigenvalue weighted by molar-refractivity contribution is 0.0596. The van der Waals surface area contributed by atoms with Crippen LogP contribution in [0.5, 0.6) is 0 Å². The van der Waals surface area contributed by atoms with Gasteiger partial charge in [-0.2, -0.15) is 0 Å². The summed E-state index contributed by atoms with van der Waals surface area (Å²) < 4.78 is 0.992. The lowest BCUT2D eigenvalue weighted by atomic mass is 10.2. The molecule has 0 aliphatic heterocycles. The van der Waals surface area contributed by atoms with Crippen LogP contribution in [0.15, 0.2) is 54.6 Å². The van der Waals surface area contributed by atoms with Crippen LogP contribution in [0.3, 0.4) is 0 Å². The molecule has 0 amide bonds. The van der Waals surface area contributed by atoms with Gasteiger partial charge in [0, 0.05) is 3.57 Å². The van der Waals surface area contributed by atoms with Crippen LogP contribution in [-0.2, 0) is 4.84 Å². The second-order valence-electron chi connectivity index (χ2n) is 3.34. The summed E-state index contributed by atoms with van der Waals surface area (Å²) in [6, 6.07) is 16.4. The molecule has 0 spiro atoms. The van der Waals surface area contributed by atoms with Crippen molar-refractivity contribution in [1.29, 1.82) is 0 Å². The minimum absolute atomic E-state index is 0.398. The maximum atomic E-state index is 11.6. The van der Waals surface area contributed by atoms with Gasteiger partial charge in [-0.25, -0.2) is 10.3 Å². The summed E-state index contributed by atoms with van der Waals surface area (Å²) in [5.74, 6) is -0.398. The van der Waals surface area contributed by atoms with E-state index in [4.69, 9.17) is 4.84 Å². The lowest BCUT2D eigenvalue weighted by Crippen LogP contribution is -2.11. The number of halogens is 1. The molecule has 2 rings (SSSR count). The highest BCUT2D eigenvalue weighted by Crippen LogP contribution is 2.17. The van der Waals surface area contributed by atoms with Crippen molar-refractivity contribution < 1.29 is 9.63 Å². The number of anilines is 1. The zero-order valence-corrected chi connectivity index (χ0v) is 11.0. The van der Waals surface area contributed by atoms with Crippen LogP contribution in [0.4, 0.5) is 5.69 Å². The SMILES string of the molecule is O=C(ONc1ccccc1I)c1ccccc1. The Morgan fingerprint density at radius 3 is 2.35 bits per heavy atom. The van der Waals surface area contributed by atoms with Gasteiger partial charge in [-0.1, -0.05) is 30.3 Å². The largest absolute Gasteiger partial charge is 0.362 e.